The predicted octanol–water partition coefficient (Wildman–Crippen LogP) is 4.37. The van der Waals surface area contributed by atoms with Crippen molar-refractivity contribution in [2.24, 2.45) is 0 Å². The molecule has 0 bridgehead atoms. The van der Waals surface area contributed by atoms with Crippen LogP contribution in [-0.2, 0) is 0 Å². The highest BCUT2D eigenvalue weighted by atomic mass is 16.3. The number of aliphatic hydroxyl groups excluding tert-OH is 1. The molecule has 1 unspecified atom stereocenters. The number of aromatic amines is 1. The Kier molecular flexibility index (Phi) is 3.33. The maximum Gasteiger partial charge on any atom is 0.104 e. The van der Waals surface area contributed by atoms with Gasteiger partial charge in [-0.3, -0.25) is 0 Å². The Morgan fingerprint density at radius 3 is 2.20 bits per heavy atom. The number of benzene rings is 2. The van der Waals surface area contributed by atoms with Crippen molar-refractivity contribution in [2.75, 3.05) is 0 Å². The van der Waals surface area contributed by atoms with Crippen LogP contribution in [0.2, 0.25) is 0 Å². The standard InChI is InChI=1S/C18H19NO/c1-12(2)13-3-5-14(6-4-13)18(20)16-7-8-17-15(11-16)9-10-19-17/h3-12,18-20H,1-2H3. The van der Waals surface area contributed by atoms with Gasteiger partial charge in [-0.2, -0.15) is 0 Å². The summed E-state index contributed by atoms with van der Waals surface area (Å²) in [6.07, 6.45) is 1.34. The van der Waals surface area contributed by atoms with Gasteiger partial charge in [-0.15, -0.1) is 0 Å². The zero-order chi connectivity index (χ0) is 14.1. The minimum atomic E-state index is -0.574. The fraction of sp³-hybridized carbons (Fsp3) is 0.222. The Bertz CT molecular complexity index is 710. The first-order valence-corrected chi connectivity index (χ1v) is 7.00. The van der Waals surface area contributed by atoms with Crippen molar-refractivity contribution in [2.45, 2.75) is 25.9 Å². The van der Waals surface area contributed by atoms with Gasteiger partial charge in [-0.1, -0.05) is 44.2 Å². The van der Waals surface area contributed by atoms with Crippen molar-refractivity contribution in [1.29, 1.82) is 0 Å². The van der Waals surface area contributed by atoms with Crippen LogP contribution in [0.5, 0.6) is 0 Å². The first kappa shape index (κ1) is 12.9. The van der Waals surface area contributed by atoms with E-state index in [0.717, 1.165) is 22.0 Å². The van der Waals surface area contributed by atoms with Crippen molar-refractivity contribution in [3.63, 3.8) is 0 Å². The number of nitrogens with one attached hydrogen (secondary N) is 1. The molecule has 0 aliphatic heterocycles. The average molecular weight is 265 g/mol. The van der Waals surface area contributed by atoms with Crippen molar-refractivity contribution < 1.29 is 5.11 Å². The third-order valence-corrected chi connectivity index (χ3v) is 3.81. The largest absolute Gasteiger partial charge is 0.384 e. The van der Waals surface area contributed by atoms with Crippen LogP contribution in [0.3, 0.4) is 0 Å². The highest BCUT2D eigenvalue weighted by molar-refractivity contribution is 5.80. The van der Waals surface area contributed by atoms with E-state index < -0.39 is 6.10 Å². The second kappa shape index (κ2) is 5.14. The molecule has 102 valence electrons. The van der Waals surface area contributed by atoms with E-state index in [2.05, 4.69) is 31.0 Å². The van der Waals surface area contributed by atoms with Crippen LogP contribution in [0, 0.1) is 0 Å². The van der Waals surface area contributed by atoms with E-state index in [1.807, 2.05) is 42.6 Å². The second-order valence-electron chi connectivity index (χ2n) is 5.55. The van der Waals surface area contributed by atoms with Gasteiger partial charge < -0.3 is 10.1 Å². The smallest absolute Gasteiger partial charge is 0.104 e. The molecule has 20 heavy (non-hydrogen) atoms. The number of hydrogen-bond acceptors (Lipinski definition) is 1. The molecular weight excluding hydrogens is 246 g/mol. The lowest BCUT2D eigenvalue weighted by Gasteiger charge is -2.13. The Balaban J connectivity index is 1.92. The van der Waals surface area contributed by atoms with E-state index >= 15 is 0 Å². The molecule has 0 amide bonds. The lowest BCUT2D eigenvalue weighted by molar-refractivity contribution is 0.220. The van der Waals surface area contributed by atoms with E-state index in [4.69, 9.17) is 0 Å². The van der Waals surface area contributed by atoms with E-state index in [-0.39, 0.29) is 0 Å². The lowest BCUT2D eigenvalue weighted by Crippen LogP contribution is -2.00. The fourth-order valence-electron chi connectivity index (χ4n) is 2.50. The van der Waals surface area contributed by atoms with Crippen LogP contribution >= 0.6 is 0 Å². The summed E-state index contributed by atoms with van der Waals surface area (Å²) in [6, 6.07) is 16.3. The van der Waals surface area contributed by atoms with Gasteiger partial charge in [0, 0.05) is 11.7 Å². The van der Waals surface area contributed by atoms with Crippen molar-refractivity contribution >= 4 is 10.9 Å². The predicted molar refractivity (Wildman–Crippen MR) is 82.9 cm³/mol. The van der Waals surface area contributed by atoms with E-state index in [1.54, 1.807) is 0 Å². The first-order valence-electron chi connectivity index (χ1n) is 7.00. The minimum absolute atomic E-state index is 0.511. The van der Waals surface area contributed by atoms with Crippen molar-refractivity contribution in [3.05, 3.63) is 71.4 Å². The van der Waals surface area contributed by atoms with Gasteiger partial charge >= 0.3 is 0 Å². The fourth-order valence-corrected chi connectivity index (χ4v) is 2.50. The van der Waals surface area contributed by atoms with Crippen LogP contribution in [-0.4, -0.2) is 10.1 Å². The number of H-pyrrole nitrogens is 1. The monoisotopic (exact) mass is 265 g/mol. The Morgan fingerprint density at radius 1 is 0.850 bits per heavy atom. The number of aliphatic hydroxyl groups is 1. The summed E-state index contributed by atoms with van der Waals surface area (Å²) >= 11 is 0. The van der Waals surface area contributed by atoms with Crippen LogP contribution in [0.1, 0.15) is 42.6 Å². The zero-order valence-electron chi connectivity index (χ0n) is 11.8. The van der Waals surface area contributed by atoms with Crippen LogP contribution < -0.4 is 0 Å². The summed E-state index contributed by atoms with van der Waals surface area (Å²) in [4.78, 5) is 3.16. The number of aromatic nitrogens is 1. The molecule has 1 atom stereocenters. The van der Waals surface area contributed by atoms with E-state index in [9.17, 15) is 5.11 Å². The Hall–Kier alpha value is -2.06. The molecule has 0 radical (unpaired) electrons. The highest BCUT2D eigenvalue weighted by Gasteiger charge is 2.11. The molecule has 0 saturated carbocycles. The Morgan fingerprint density at radius 2 is 1.50 bits per heavy atom. The highest BCUT2D eigenvalue weighted by Crippen LogP contribution is 2.26. The molecule has 1 heterocycles. The van der Waals surface area contributed by atoms with Crippen molar-refractivity contribution in [1.82, 2.24) is 4.98 Å². The number of rotatable bonds is 3. The molecule has 2 heteroatoms. The molecule has 0 fully saturated rings. The first-order chi connectivity index (χ1) is 9.65. The summed E-state index contributed by atoms with van der Waals surface area (Å²) in [5.41, 5.74) is 4.25. The lowest BCUT2D eigenvalue weighted by atomic mass is 9.96. The minimum Gasteiger partial charge on any atom is -0.384 e. The third-order valence-electron chi connectivity index (χ3n) is 3.81. The Labute approximate surface area is 119 Å². The summed E-state index contributed by atoms with van der Waals surface area (Å²) < 4.78 is 0. The van der Waals surface area contributed by atoms with Gasteiger partial charge in [0.15, 0.2) is 0 Å². The molecule has 3 rings (SSSR count). The summed E-state index contributed by atoms with van der Waals surface area (Å²) in [5.74, 6) is 0.511. The van der Waals surface area contributed by atoms with Crippen LogP contribution in [0.4, 0.5) is 0 Å². The molecule has 2 aromatic carbocycles. The van der Waals surface area contributed by atoms with Crippen molar-refractivity contribution in [3.8, 4) is 0 Å². The molecule has 3 aromatic rings. The molecule has 0 aliphatic rings. The molecule has 2 nitrogen and oxygen atoms in total. The van der Waals surface area contributed by atoms with Gasteiger partial charge in [0.1, 0.15) is 6.10 Å². The summed E-state index contributed by atoms with van der Waals surface area (Å²) in [7, 11) is 0. The normalized spacial score (nSPS) is 13.0. The molecule has 0 spiro atoms. The van der Waals surface area contributed by atoms with E-state index in [1.165, 1.54) is 5.56 Å². The topological polar surface area (TPSA) is 36.0 Å². The maximum atomic E-state index is 10.5. The zero-order valence-corrected chi connectivity index (χ0v) is 11.8. The maximum absolute atomic E-state index is 10.5. The molecule has 2 N–H and O–H groups in total. The molecular formula is C18H19NO. The van der Waals surface area contributed by atoms with Gasteiger partial charge in [0.25, 0.3) is 0 Å². The summed E-state index contributed by atoms with van der Waals surface area (Å²) in [6.45, 7) is 4.34. The number of hydrogen-bond donors (Lipinski definition) is 2. The second-order valence-corrected chi connectivity index (χ2v) is 5.55. The molecule has 0 saturated heterocycles. The van der Waals surface area contributed by atoms with Gasteiger partial charge in [0.05, 0.1) is 0 Å². The average Bonchev–Trinajstić information content (AvgIpc) is 2.94. The third kappa shape index (κ3) is 2.35. The van der Waals surface area contributed by atoms with Gasteiger partial charge in [0.2, 0.25) is 0 Å². The molecule has 1 aromatic heterocycles. The van der Waals surface area contributed by atoms with Crippen LogP contribution in [0.25, 0.3) is 10.9 Å². The van der Waals surface area contributed by atoms with Crippen LogP contribution in [0.15, 0.2) is 54.7 Å². The van der Waals surface area contributed by atoms with Gasteiger partial charge in [-0.05, 0) is 46.2 Å². The SMILES string of the molecule is CC(C)c1ccc(C(O)c2ccc3[nH]ccc3c2)cc1. The summed E-state index contributed by atoms with van der Waals surface area (Å²) in [5, 5.41) is 11.6. The molecule has 0 aliphatic carbocycles. The number of fused-ring (bicyclic) bond motifs is 1. The quantitative estimate of drug-likeness (QED) is 0.724. The van der Waals surface area contributed by atoms with Gasteiger partial charge in [-0.25, -0.2) is 0 Å². The van der Waals surface area contributed by atoms with E-state index in [0.29, 0.717) is 5.92 Å².